The van der Waals surface area contributed by atoms with Crippen LogP contribution in [-0.4, -0.2) is 42.5 Å². The smallest absolute Gasteiger partial charge is 0.171 e. The molecule has 1 spiro atoms. The van der Waals surface area contributed by atoms with Crippen molar-refractivity contribution in [2.24, 2.45) is 4.99 Å². The summed E-state index contributed by atoms with van der Waals surface area (Å²) in [5.74, 6) is -0.171. The third-order valence-electron chi connectivity index (χ3n) is 5.81. The number of halogens is 1. The number of ether oxygens (including phenoxy) is 2. The third-order valence-corrected chi connectivity index (χ3v) is 6.50. The van der Waals surface area contributed by atoms with Crippen molar-refractivity contribution < 1.29 is 24.4 Å². The summed E-state index contributed by atoms with van der Waals surface area (Å²) in [5.41, 5.74) is 2.99. The number of hydrogen-bond acceptors (Lipinski definition) is 6. The van der Waals surface area contributed by atoms with E-state index in [4.69, 9.17) is 24.2 Å². The van der Waals surface area contributed by atoms with Crippen LogP contribution < -0.4 is 4.89 Å². The summed E-state index contributed by atoms with van der Waals surface area (Å²) in [6, 6.07) is 13.6. The lowest BCUT2D eigenvalue weighted by atomic mass is 9.75. The molecule has 152 valence electrons. The average Bonchev–Trinajstić information content (AvgIpc) is 3.36. The lowest BCUT2D eigenvalue weighted by Gasteiger charge is -2.43. The minimum Gasteiger partial charge on any atom is -0.391 e. The van der Waals surface area contributed by atoms with Gasteiger partial charge in [0.1, 0.15) is 6.61 Å². The molecule has 1 saturated heterocycles. The van der Waals surface area contributed by atoms with Crippen LogP contribution in [0.15, 0.2) is 51.9 Å². The van der Waals surface area contributed by atoms with Gasteiger partial charge in [-0.25, -0.2) is 0 Å². The summed E-state index contributed by atoms with van der Waals surface area (Å²) in [5, 5.41) is 11.0. The van der Waals surface area contributed by atoms with Crippen molar-refractivity contribution in [2.75, 3.05) is 13.2 Å². The molecule has 2 aromatic carbocycles. The summed E-state index contributed by atoms with van der Waals surface area (Å²) < 4.78 is 12.8. The quantitative estimate of drug-likeness (QED) is 0.559. The molecule has 1 N–H and O–H groups in total. The molecule has 0 amide bonds. The highest BCUT2D eigenvalue weighted by Gasteiger charge is 2.50. The number of hydrogen-bond donors (Lipinski definition) is 1. The molecule has 0 bridgehead atoms. The Balaban J connectivity index is 1.52. The van der Waals surface area contributed by atoms with Crippen LogP contribution in [0.4, 0.5) is 0 Å². The van der Waals surface area contributed by atoms with Crippen LogP contribution in [0.5, 0.6) is 5.75 Å². The largest absolute Gasteiger partial charge is 0.391 e. The maximum atomic E-state index is 11.0. The second kappa shape index (κ2) is 7.81. The normalized spacial score (nSPS) is 28.0. The summed E-state index contributed by atoms with van der Waals surface area (Å²) >= 11 is 3.70. The van der Waals surface area contributed by atoms with Gasteiger partial charge in [-0.05, 0) is 23.3 Å². The first-order chi connectivity index (χ1) is 14.1. The SMILES string of the molecule is O[C@@H]1CC2(CC(c3cc4c(cc3Br)COO4)[C@@H]1N=Cc1ccccc1)OCCO2. The molecule has 2 heterocycles. The van der Waals surface area contributed by atoms with Gasteiger partial charge in [-0.1, -0.05) is 46.3 Å². The van der Waals surface area contributed by atoms with Gasteiger partial charge in [0.2, 0.25) is 0 Å². The maximum absolute atomic E-state index is 11.0. The first-order valence-corrected chi connectivity index (χ1v) is 10.6. The van der Waals surface area contributed by atoms with Gasteiger partial charge in [-0.3, -0.25) is 4.99 Å². The van der Waals surface area contributed by atoms with E-state index in [9.17, 15) is 5.11 Å². The van der Waals surface area contributed by atoms with Crippen molar-refractivity contribution in [1.82, 2.24) is 0 Å². The van der Waals surface area contributed by atoms with Crippen LogP contribution in [-0.2, 0) is 21.0 Å². The van der Waals surface area contributed by atoms with Crippen molar-refractivity contribution in [1.29, 1.82) is 0 Å². The zero-order valence-corrected chi connectivity index (χ0v) is 17.4. The van der Waals surface area contributed by atoms with E-state index < -0.39 is 11.9 Å². The Bertz CT molecular complexity index is 913. The fraction of sp³-hybridized carbons (Fsp3) is 0.409. The molecule has 1 unspecified atom stereocenters. The van der Waals surface area contributed by atoms with Crippen LogP contribution in [0.1, 0.15) is 35.4 Å². The fourth-order valence-corrected chi connectivity index (χ4v) is 5.11. The standard InChI is InChI=1S/C22H22BrNO5/c23-18-8-15-13-28-29-20(15)9-16(18)17-10-22(26-6-7-27-22)11-19(25)21(17)24-12-14-4-2-1-3-5-14/h1-5,8-9,12,17,19,21,25H,6-7,10-11,13H2/t17?,19-,21+/m1/s1. The lowest BCUT2D eigenvalue weighted by molar-refractivity contribution is -0.202. The van der Waals surface area contributed by atoms with Gasteiger partial charge in [-0.2, -0.15) is 4.89 Å². The van der Waals surface area contributed by atoms with Crippen LogP contribution in [0.3, 0.4) is 0 Å². The fourth-order valence-electron chi connectivity index (χ4n) is 4.43. The van der Waals surface area contributed by atoms with E-state index in [0.29, 0.717) is 38.4 Å². The molecule has 1 saturated carbocycles. The molecule has 7 heteroatoms. The number of aliphatic hydroxyl groups excluding tert-OH is 1. The Morgan fingerprint density at radius 1 is 1.10 bits per heavy atom. The molecule has 3 aliphatic rings. The zero-order valence-electron chi connectivity index (χ0n) is 15.8. The maximum Gasteiger partial charge on any atom is 0.171 e. The Kier molecular flexibility index (Phi) is 5.17. The van der Waals surface area contributed by atoms with Gasteiger partial charge in [0.15, 0.2) is 11.5 Å². The summed E-state index contributed by atoms with van der Waals surface area (Å²) in [7, 11) is 0. The Morgan fingerprint density at radius 3 is 2.69 bits per heavy atom. The number of nitrogens with zero attached hydrogens (tertiary/aromatic N) is 1. The molecule has 0 aromatic heterocycles. The minimum atomic E-state index is -0.765. The van der Waals surface area contributed by atoms with Crippen LogP contribution >= 0.6 is 15.9 Å². The van der Waals surface area contributed by atoms with Gasteiger partial charge in [0, 0.05) is 35.0 Å². The molecule has 5 rings (SSSR count). The van der Waals surface area contributed by atoms with E-state index in [1.165, 1.54) is 0 Å². The van der Waals surface area contributed by atoms with Crippen molar-refractivity contribution in [3.63, 3.8) is 0 Å². The van der Waals surface area contributed by atoms with Gasteiger partial charge in [0.05, 0.1) is 25.4 Å². The molecule has 29 heavy (non-hydrogen) atoms. The molecule has 0 radical (unpaired) electrons. The predicted octanol–water partition coefficient (Wildman–Crippen LogP) is 3.74. The second-order valence-electron chi connectivity index (χ2n) is 7.70. The molecular weight excluding hydrogens is 438 g/mol. The van der Waals surface area contributed by atoms with E-state index in [1.807, 2.05) is 48.7 Å². The molecule has 2 fully saturated rings. The van der Waals surface area contributed by atoms with Crippen LogP contribution in [0.25, 0.3) is 0 Å². The number of fused-ring (bicyclic) bond motifs is 1. The summed E-state index contributed by atoms with van der Waals surface area (Å²) in [6.07, 6.45) is 2.15. The van der Waals surface area contributed by atoms with E-state index >= 15 is 0 Å². The summed E-state index contributed by atoms with van der Waals surface area (Å²) in [6.45, 7) is 1.51. The number of aliphatic imine (C=N–C) groups is 1. The van der Waals surface area contributed by atoms with Gasteiger partial charge >= 0.3 is 0 Å². The third kappa shape index (κ3) is 3.73. The molecule has 1 aliphatic carbocycles. The second-order valence-corrected chi connectivity index (χ2v) is 8.55. The first-order valence-electron chi connectivity index (χ1n) is 9.80. The lowest BCUT2D eigenvalue weighted by Crippen LogP contribution is -2.49. The number of aliphatic hydroxyl groups is 1. The zero-order chi connectivity index (χ0) is 19.8. The van der Waals surface area contributed by atoms with Crippen LogP contribution in [0.2, 0.25) is 0 Å². The monoisotopic (exact) mass is 459 g/mol. The van der Waals surface area contributed by atoms with Crippen molar-refractivity contribution in [3.05, 3.63) is 63.6 Å². The van der Waals surface area contributed by atoms with E-state index in [-0.39, 0.29) is 12.0 Å². The highest BCUT2D eigenvalue weighted by atomic mass is 79.9. The number of benzene rings is 2. The van der Waals surface area contributed by atoms with E-state index in [0.717, 1.165) is 21.2 Å². The predicted molar refractivity (Wildman–Crippen MR) is 110 cm³/mol. The van der Waals surface area contributed by atoms with Crippen molar-refractivity contribution in [3.8, 4) is 5.75 Å². The Hall–Kier alpha value is -1.77. The first kappa shape index (κ1) is 19.2. The minimum absolute atomic E-state index is 0.110. The Labute approximate surface area is 177 Å². The van der Waals surface area contributed by atoms with E-state index in [1.54, 1.807) is 0 Å². The molecular formula is C22H22BrNO5. The van der Waals surface area contributed by atoms with Crippen molar-refractivity contribution >= 4 is 22.1 Å². The Morgan fingerprint density at radius 2 is 1.90 bits per heavy atom. The van der Waals surface area contributed by atoms with Gasteiger partial charge in [0.25, 0.3) is 0 Å². The van der Waals surface area contributed by atoms with E-state index in [2.05, 4.69) is 15.9 Å². The molecule has 3 atom stereocenters. The average molecular weight is 460 g/mol. The van der Waals surface area contributed by atoms with Gasteiger partial charge in [-0.15, -0.1) is 0 Å². The van der Waals surface area contributed by atoms with Crippen molar-refractivity contribution in [2.45, 2.75) is 43.3 Å². The van der Waals surface area contributed by atoms with Crippen LogP contribution in [0, 0.1) is 0 Å². The highest BCUT2D eigenvalue weighted by molar-refractivity contribution is 9.10. The molecule has 2 aliphatic heterocycles. The topological polar surface area (TPSA) is 69.5 Å². The van der Waals surface area contributed by atoms with Gasteiger partial charge < -0.3 is 19.5 Å². The number of rotatable bonds is 3. The highest BCUT2D eigenvalue weighted by Crippen LogP contribution is 2.47. The summed E-state index contributed by atoms with van der Waals surface area (Å²) in [4.78, 5) is 15.2. The molecule has 6 nitrogen and oxygen atoms in total. The molecule has 2 aromatic rings.